The molecule has 11 nitrogen and oxygen atoms in total. The van der Waals surface area contributed by atoms with Crippen LogP contribution in [0.4, 0.5) is 0 Å². The third-order valence-corrected chi connectivity index (χ3v) is 9.59. The predicted molar refractivity (Wildman–Crippen MR) is 240 cm³/mol. The first kappa shape index (κ1) is 55.4. The number of carbonyl (C=O) groups excluding carboxylic acids is 2. The van der Waals surface area contributed by atoms with Crippen LogP contribution in [0.2, 0.25) is 0 Å². The lowest BCUT2D eigenvalue weighted by molar-refractivity contribution is -0.146. The summed E-state index contributed by atoms with van der Waals surface area (Å²) >= 11 is 0. The molecule has 4 N–H and O–H groups in total. The van der Waals surface area contributed by atoms with Gasteiger partial charge in [0.1, 0.15) is 12.7 Å². The Labute approximate surface area is 355 Å². The molecule has 0 bridgehead atoms. The van der Waals surface area contributed by atoms with E-state index in [0.717, 1.165) is 77.0 Å². The first-order chi connectivity index (χ1) is 28.6. The maximum Gasteiger partial charge on any atom is 0.472 e. The summed E-state index contributed by atoms with van der Waals surface area (Å²) in [5.41, 5.74) is 0. The molecule has 1 amide bonds. The van der Waals surface area contributed by atoms with Crippen LogP contribution in [0.5, 0.6) is 0 Å². The standard InChI is InChI=1S/C47H76NO10P/c1-3-5-7-9-11-13-15-17-19-20-21-22-23-24-25-27-29-31-33-35-37-39-46(51)56-40-43(49)41-57-59(54,55)58-42-44(47(52)53)48-45(50)38-36-34-32-30-28-26-18-16-14-12-10-8-6-4-2/h5,7,11,13,16-19,21-22,24-25,29,31,35,37,43-44,49H,3-4,6,8-10,12,14-15,20,23,26-28,30,32-34,36,38-42H2,1-2H3,(H,48,50)(H,52,53)(H,54,55)/b7-5-,13-11-,18-16-,19-17-,22-21-,25-24-,31-29-,37-35-. The Balaban J connectivity index is 4.06. The smallest absolute Gasteiger partial charge is 0.472 e. The molecule has 0 saturated heterocycles. The number of aliphatic hydroxyl groups is 1. The molecule has 0 rings (SSSR count). The second-order valence-electron chi connectivity index (χ2n) is 14.2. The molecular formula is C47H76NO10P. The van der Waals surface area contributed by atoms with Gasteiger partial charge in [-0.15, -0.1) is 0 Å². The number of hydrogen-bond acceptors (Lipinski definition) is 8. The van der Waals surface area contributed by atoms with Crippen molar-refractivity contribution in [1.29, 1.82) is 0 Å². The number of phosphoric acid groups is 1. The van der Waals surface area contributed by atoms with E-state index in [1.165, 1.54) is 32.1 Å². The van der Waals surface area contributed by atoms with Crippen molar-refractivity contribution in [3.63, 3.8) is 0 Å². The lowest BCUT2D eigenvalue weighted by Gasteiger charge is -2.18. The van der Waals surface area contributed by atoms with Gasteiger partial charge in [0.25, 0.3) is 0 Å². The first-order valence-electron chi connectivity index (χ1n) is 21.8. The molecule has 334 valence electrons. The Morgan fingerprint density at radius 3 is 1.51 bits per heavy atom. The number of phosphoric ester groups is 1. The molecule has 0 aromatic rings. The van der Waals surface area contributed by atoms with Gasteiger partial charge < -0.3 is 25.2 Å². The van der Waals surface area contributed by atoms with Crippen molar-refractivity contribution in [2.45, 2.75) is 161 Å². The highest BCUT2D eigenvalue weighted by molar-refractivity contribution is 7.47. The molecule has 3 atom stereocenters. The highest BCUT2D eigenvalue weighted by Gasteiger charge is 2.28. The van der Waals surface area contributed by atoms with Crippen molar-refractivity contribution in [2.24, 2.45) is 0 Å². The third kappa shape index (κ3) is 40.9. The fraction of sp³-hybridized carbons (Fsp3) is 0.596. The molecule has 59 heavy (non-hydrogen) atoms. The van der Waals surface area contributed by atoms with Crippen LogP contribution in [0.15, 0.2) is 97.2 Å². The van der Waals surface area contributed by atoms with Crippen molar-refractivity contribution in [1.82, 2.24) is 5.32 Å². The number of aliphatic hydroxyl groups excluding tert-OH is 1. The van der Waals surface area contributed by atoms with Crippen LogP contribution in [0.1, 0.15) is 149 Å². The van der Waals surface area contributed by atoms with Gasteiger partial charge in [-0.3, -0.25) is 18.6 Å². The van der Waals surface area contributed by atoms with Crippen LogP contribution in [0.25, 0.3) is 0 Å². The van der Waals surface area contributed by atoms with Gasteiger partial charge in [-0.05, 0) is 77.0 Å². The maximum absolute atomic E-state index is 12.3. The van der Waals surface area contributed by atoms with Crippen molar-refractivity contribution < 1.29 is 47.8 Å². The number of carbonyl (C=O) groups is 3. The van der Waals surface area contributed by atoms with Crippen LogP contribution >= 0.6 is 7.82 Å². The van der Waals surface area contributed by atoms with Crippen LogP contribution < -0.4 is 5.32 Å². The lowest BCUT2D eigenvalue weighted by Crippen LogP contribution is -2.43. The Hall–Kier alpha value is -3.60. The SMILES string of the molecule is CC/C=C\C/C=C\C/C=C\C/C=C\C/C=C\C/C=C\C/C=C\CC(=O)OCC(O)COP(=O)(O)OCC(NC(=O)CCCCCCC/C=C\CCCCCCC)C(=O)O. The van der Waals surface area contributed by atoms with Crippen molar-refractivity contribution >= 4 is 25.7 Å². The Kier molecular flexibility index (Phi) is 38.6. The Bertz CT molecular complexity index is 1360. The van der Waals surface area contributed by atoms with Crippen molar-refractivity contribution in [3.05, 3.63) is 97.2 Å². The van der Waals surface area contributed by atoms with Gasteiger partial charge in [0, 0.05) is 6.42 Å². The van der Waals surface area contributed by atoms with Gasteiger partial charge in [-0.1, -0.05) is 156 Å². The largest absolute Gasteiger partial charge is 0.480 e. The highest BCUT2D eigenvalue weighted by atomic mass is 31.2. The third-order valence-electron chi connectivity index (χ3n) is 8.64. The van der Waals surface area contributed by atoms with E-state index in [0.29, 0.717) is 12.8 Å². The number of aliphatic carboxylic acids is 1. The quantitative estimate of drug-likeness (QED) is 0.0202. The number of nitrogens with one attached hydrogen (secondary N) is 1. The van der Waals surface area contributed by atoms with Gasteiger partial charge in [0.2, 0.25) is 5.91 Å². The number of unbranched alkanes of at least 4 members (excludes halogenated alkanes) is 10. The highest BCUT2D eigenvalue weighted by Crippen LogP contribution is 2.43. The number of allylic oxidation sites excluding steroid dienone is 15. The molecule has 0 radical (unpaired) electrons. The molecule has 0 aromatic heterocycles. The minimum absolute atomic E-state index is 0.0166. The second kappa shape index (κ2) is 41.1. The Morgan fingerprint density at radius 2 is 1.02 bits per heavy atom. The van der Waals surface area contributed by atoms with Crippen molar-refractivity contribution in [3.8, 4) is 0 Å². The number of amides is 1. The number of carboxylic acids is 1. The molecule has 0 aliphatic rings. The van der Waals surface area contributed by atoms with E-state index in [4.69, 9.17) is 13.8 Å². The average Bonchev–Trinajstić information content (AvgIpc) is 3.21. The van der Waals surface area contributed by atoms with Gasteiger partial charge >= 0.3 is 19.8 Å². The minimum atomic E-state index is -4.78. The van der Waals surface area contributed by atoms with E-state index in [1.54, 1.807) is 6.08 Å². The fourth-order valence-corrected chi connectivity index (χ4v) is 6.05. The maximum atomic E-state index is 12.3. The number of carboxylic acid groups (broad SMARTS) is 1. The summed E-state index contributed by atoms with van der Waals surface area (Å²) in [6.07, 6.45) is 51.7. The summed E-state index contributed by atoms with van der Waals surface area (Å²) < 4.78 is 26.7. The predicted octanol–water partition coefficient (Wildman–Crippen LogP) is 11.3. The molecule has 3 unspecified atom stereocenters. The zero-order valence-electron chi connectivity index (χ0n) is 36.0. The van der Waals surface area contributed by atoms with E-state index in [1.807, 2.05) is 18.2 Å². The summed E-state index contributed by atoms with van der Waals surface area (Å²) in [5, 5.41) is 21.8. The molecule has 0 fully saturated rings. The van der Waals surface area contributed by atoms with E-state index < -0.39 is 57.6 Å². The van der Waals surface area contributed by atoms with Crippen molar-refractivity contribution in [2.75, 3.05) is 19.8 Å². The van der Waals surface area contributed by atoms with Crippen LogP contribution in [-0.4, -0.2) is 64.9 Å². The first-order valence-corrected chi connectivity index (χ1v) is 23.3. The topological polar surface area (TPSA) is 169 Å². The molecule has 0 aromatic carbocycles. The fourth-order valence-electron chi connectivity index (χ4n) is 5.28. The minimum Gasteiger partial charge on any atom is -0.480 e. The molecule has 0 spiro atoms. The number of hydrogen-bond donors (Lipinski definition) is 4. The van der Waals surface area contributed by atoms with Crippen LogP contribution in [0.3, 0.4) is 0 Å². The van der Waals surface area contributed by atoms with E-state index >= 15 is 0 Å². The molecular weight excluding hydrogens is 769 g/mol. The van der Waals surface area contributed by atoms with E-state index in [9.17, 15) is 34.1 Å². The lowest BCUT2D eigenvalue weighted by atomic mass is 10.1. The summed E-state index contributed by atoms with van der Waals surface area (Å²) in [7, 11) is -4.78. The molecule has 0 heterocycles. The zero-order valence-corrected chi connectivity index (χ0v) is 36.9. The zero-order chi connectivity index (χ0) is 43.5. The molecule has 0 aliphatic carbocycles. The van der Waals surface area contributed by atoms with Gasteiger partial charge in [-0.2, -0.15) is 0 Å². The van der Waals surface area contributed by atoms with Crippen LogP contribution in [0, 0.1) is 0 Å². The van der Waals surface area contributed by atoms with Gasteiger partial charge in [0.15, 0.2) is 6.04 Å². The second-order valence-corrected chi connectivity index (χ2v) is 15.6. The van der Waals surface area contributed by atoms with Crippen LogP contribution in [-0.2, 0) is 32.7 Å². The number of esters is 1. The average molecular weight is 846 g/mol. The normalized spacial score (nSPS) is 14.6. The van der Waals surface area contributed by atoms with E-state index in [-0.39, 0.29) is 12.8 Å². The van der Waals surface area contributed by atoms with E-state index in [2.05, 4.69) is 92.1 Å². The summed E-state index contributed by atoms with van der Waals surface area (Å²) in [6, 6.07) is -1.57. The molecule has 0 saturated carbocycles. The van der Waals surface area contributed by atoms with Gasteiger partial charge in [-0.25, -0.2) is 9.36 Å². The Morgan fingerprint density at radius 1 is 0.576 bits per heavy atom. The summed E-state index contributed by atoms with van der Waals surface area (Å²) in [5.74, 6) is -2.54. The number of rotatable bonds is 39. The molecule has 12 heteroatoms. The monoisotopic (exact) mass is 846 g/mol. The summed E-state index contributed by atoms with van der Waals surface area (Å²) in [4.78, 5) is 45.8. The summed E-state index contributed by atoms with van der Waals surface area (Å²) in [6.45, 7) is 2.34. The molecule has 0 aliphatic heterocycles. The van der Waals surface area contributed by atoms with Gasteiger partial charge in [0.05, 0.1) is 19.6 Å². The number of ether oxygens (including phenoxy) is 1.